The molecule has 1 fully saturated rings. The lowest BCUT2D eigenvalue weighted by Gasteiger charge is -2.27. The van der Waals surface area contributed by atoms with Crippen LogP contribution in [0.4, 0.5) is 0 Å². The molecule has 1 aliphatic carbocycles. The van der Waals surface area contributed by atoms with Gasteiger partial charge in [0, 0.05) is 24.1 Å². The summed E-state index contributed by atoms with van der Waals surface area (Å²) >= 11 is 0. The molecule has 1 aromatic carbocycles. The second-order valence-electron chi connectivity index (χ2n) is 9.01. The van der Waals surface area contributed by atoms with Crippen molar-refractivity contribution in [2.75, 3.05) is 0 Å². The van der Waals surface area contributed by atoms with Crippen LogP contribution in [0.2, 0.25) is 0 Å². The molecular weight excluding hydrogens is 428 g/mol. The quantitative estimate of drug-likeness (QED) is 0.376. The molecule has 0 spiro atoms. The molecule has 9 heteroatoms. The van der Waals surface area contributed by atoms with E-state index in [9.17, 15) is 4.79 Å². The summed E-state index contributed by atoms with van der Waals surface area (Å²) in [6.45, 7) is 2.21. The van der Waals surface area contributed by atoms with Gasteiger partial charge in [0.2, 0.25) is 11.6 Å². The monoisotopic (exact) mass is 456 g/mol. The van der Waals surface area contributed by atoms with Crippen LogP contribution in [0, 0.1) is 11.8 Å². The van der Waals surface area contributed by atoms with Gasteiger partial charge in [0.15, 0.2) is 5.82 Å². The predicted molar refractivity (Wildman–Crippen MR) is 127 cm³/mol. The summed E-state index contributed by atoms with van der Waals surface area (Å²) in [7, 11) is 0. The molecule has 2 atom stereocenters. The fourth-order valence-electron chi connectivity index (χ4n) is 4.95. The number of tetrazole rings is 1. The van der Waals surface area contributed by atoms with E-state index in [2.05, 4.69) is 47.7 Å². The van der Waals surface area contributed by atoms with Crippen molar-refractivity contribution < 1.29 is 4.79 Å². The van der Waals surface area contributed by atoms with Crippen molar-refractivity contribution in [3.8, 4) is 22.6 Å². The molecular formula is C25H28N8O. The van der Waals surface area contributed by atoms with Gasteiger partial charge in [-0.05, 0) is 46.4 Å². The van der Waals surface area contributed by atoms with Crippen LogP contribution in [0.1, 0.15) is 67.5 Å². The normalized spacial score (nSPS) is 18.1. The number of ketones is 1. The minimum absolute atomic E-state index is 0.0569. The summed E-state index contributed by atoms with van der Waals surface area (Å²) in [5, 5.41) is 21.3. The number of aromatic nitrogens is 8. The number of hydrogen-bond acceptors (Lipinski definition) is 7. The summed E-state index contributed by atoms with van der Waals surface area (Å²) in [4.78, 5) is 21.9. The first kappa shape index (κ1) is 22.1. The van der Waals surface area contributed by atoms with Gasteiger partial charge in [0.05, 0.1) is 0 Å². The lowest BCUT2D eigenvalue weighted by molar-refractivity contribution is 0.0849. The van der Waals surface area contributed by atoms with Crippen LogP contribution in [0.3, 0.4) is 0 Å². The maximum absolute atomic E-state index is 13.0. The van der Waals surface area contributed by atoms with Crippen molar-refractivity contribution in [3.05, 3.63) is 59.8 Å². The molecule has 9 nitrogen and oxygen atoms in total. The van der Waals surface area contributed by atoms with E-state index in [-0.39, 0.29) is 11.7 Å². The molecule has 0 radical (unpaired) electrons. The Bertz CT molecular complexity index is 1230. The van der Waals surface area contributed by atoms with Crippen LogP contribution >= 0.6 is 0 Å². The third kappa shape index (κ3) is 4.78. The van der Waals surface area contributed by atoms with E-state index in [1.807, 2.05) is 36.4 Å². The molecule has 4 aromatic rings. The summed E-state index contributed by atoms with van der Waals surface area (Å²) in [5.74, 6) is 2.36. The smallest absolute Gasteiger partial charge is 0.217 e. The molecule has 0 amide bonds. The molecule has 174 valence electrons. The van der Waals surface area contributed by atoms with Crippen LogP contribution in [0.15, 0.2) is 42.6 Å². The van der Waals surface area contributed by atoms with Crippen molar-refractivity contribution in [1.82, 2.24) is 40.8 Å². The van der Waals surface area contributed by atoms with Crippen LogP contribution in [0.5, 0.6) is 0 Å². The van der Waals surface area contributed by atoms with Crippen molar-refractivity contribution in [2.24, 2.45) is 11.8 Å². The van der Waals surface area contributed by atoms with Gasteiger partial charge in [-0.25, -0.2) is 10.1 Å². The van der Waals surface area contributed by atoms with Gasteiger partial charge in [0.1, 0.15) is 11.5 Å². The van der Waals surface area contributed by atoms with E-state index in [0.29, 0.717) is 35.5 Å². The number of nitrogens with one attached hydrogen (secondary N) is 2. The van der Waals surface area contributed by atoms with Gasteiger partial charge < -0.3 is 0 Å². The standard InChI is InChI=1S/C25H28N8O/c1-2-5-16-6-3-7-19(14-16)23(34)25-27-21(28-29-25)15-17-9-11-18(12-10-17)20-8-4-13-26-22(20)24-30-32-33-31-24/h4,8-13,16,19H,2-3,5-7,14-15H2,1H3,(H,27,28,29)(H,30,31,32,33). The molecule has 5 rings (SSSR count). The number of H-pyrrole nitrogens is 2. The van der Waals surface area contributed by atoms with E-state index in [0.717, 1.165) is 36.0 Å². The number of aromatic amines is 2. The number of benzene rings is 1. The summed E-state index contributed by atoms with van der Waals surface area (Å²) in [5.41, 5.74) is 3.72. The fourth-order valence-corrected chi connectivity index (χ4v) is 4.95. The minimum Gasteiger partial charge on any atom is -0.290 e. The third-order valence-electron chi connectivity index (χ3n) is 6.62. The van der Waals surface area contributed by atoms with Gasteiger partial charge >= 0.3 is 0 Å². The van der Waals surface area contributed by atoms with Crippen molar-refractivity contribution in [1.29, 1.82) is 0 Å². The topological polar surface area (TPSA) is 126 Å². The predicted octanol–water partition coefficient (Wildman–Crippen LogP) is 4.43. The number of carbonyl (C=O) groups is 1. The Balaban J connectivity index is 1.27. The van der Waals surface area contributed by atoms with Crippen molar-refractivity contribution >= 4 is 5.78 Å². The van der Waals surface area contributed by atoms with E-state index >= 15 is 0 Å². The minimum atomic E-state index is 0.0569. The van der Waals surface area contributed by atoms with E-state index in [1.54, 1.807) is 6.20 Å². The largest absolute Gasteiger partial charge is 0.290 e. The van der Waals surface area contributed by atoms with Crippen LogP contribution in [-0.4, -0.2) is 46.6 Å². The Labute approximate surface area is 197 Å². The molecule has 0 bridgehead atoms. The maximum atomic E-state index is 13.0. The average Bonchev–Trinajstić information content (AvgIpc) is 3.57. The fraction of sp³-hybridized carbons (Fsp3) is 0.400. The van der Waals surface area contributed by atoms with Crippen LogP contribution in [-0.2, 0) is 6.42 Å². The number of nitrogens with zero attached hydrogens (tertiary/aromatic N) is 6. The number of Topliss-reactive ketones (excluding diaryl/α,β-unsaturated/α-hetero) is 1. The van der Waals surface area contributed by atoms with E-state index in [1.165, 1.54) is 19.3 Å². The molecule has 0 aliphatic heterocycles. The third-order valence-corrected chi connectivity index (χ3v) is 6.62. The molecule has 2 N–H and O–H groups in total. The zero-order valence-electron chi connectivity index (χ0n) is 19.2. The Morgan fingerprint density at radius 1 is 1.12 bits per heavy atom. The zero-order valence-corrected chi connectivity index (χ0v) is 19.2. The Hall–Kier alpha value is -3.75. The summed E-state index contributed by atoms with van der Waals surface area (Å²) < 4.78 is 0. The molecule has 3 aromatic heterocycles. The second-order valence-corrected chi connectivity index (χ2v) is 9.01. The van der Waals surface area contributed by atoms with E-state index in [4.69, 9.17) is 0 Å². The molecule has 3 heterocycles. The molecule has 0 saturated heterocycles. The highest BCUT2D eigenvalue weighted by atomic mass is 16.1. The number of hydrogen-bond donors (Lipinski definition) is 2. The van der Waals surface area contributed by atoms with Gasteiger partial charge in [0.25, 0.3) is 0 Å². The molecule has 2 unspecified atom stereocenters. The lowest BCUT2D eigenvalue weighted by atomic mass is 9.77. The highest BCUT2D eigenvalue weighted by Crippen LogP contribution is 2.33. The zero-order chi connectivity index (χ0) is 23.3. The Morgan fingerprint density at radius 3 is 2.79 bits per heavy atom. The lowest BCUT2D eigenvalue weighted by Crippen LogP contribution is -2.24. The van der Waals surface area contributed by atoms with Gasteiger partial charge in [-0.1, -0.05) is 62.9 Å². The number of rotatable bonds is 8. The molecule has 1 saturated carbocycles. The van der Waals surface area contributed by atoms with Crippen LogP contribution < -0.4 is 0 Å². The first-order chi connectivity index (χ1) is 16.7. The number of pyridine rings is 1. The highest BCUT2D eigenvalue weighted by Gasteiger charge is 2.29. The van der Waals surface area contributed by atoms with Crippen molar-refractivity contribution in [3.63, 3.8) is 0 Å². The Morgan fingerprint density at radius 2 is 2.00 bits per heavy atom. The number of carbonyl (C=O) groups excluding carboxylic acids is 1. The average molecular weight is 457 g/mol. The molecule has 34 heavy (non-hydrogen) atoms. The van der Waals surface area contributed by atoms with E-state index < -0.39 is 0 Å². The van der Waals surface area contributed by atoms with Gasteiger partial charge in [-0.2, -0.15) is 5.10 Å². The van der Waals surface area contributed by atoms with Crippen molar-refractivity contribution in [2.45, 2.75) is 51.9 Å². The first-order valence-electron chi connectivity index (χ1n) is 11.9. The maximum Gasteiger partial charge on any atom is 0.217 e. The Kier molecular flexibility index (Phi) is 6.51. The van der Waals surface area contributed by atoms with Gasteiger partial charge in [-0.15, -0.1) is 5.10 Å². The first-order valence-corrected chi connectivity index (χ1v) is 11.9. The summed E-state index contributed by atoms with van der Waals surface area (Å²) in [6, 6.07) is 12.1. The SMILES string of the molecule is CCCC1CCCC(C(=O)c2n[nH]c(Cc3ccc(-c4cccnc4-c4nnn[nH]4)cc3)n2)C1. The molecule has 1 aliphatic rings. The second kappa shape index (κ2) is 10.0. The highest BCUT2D eigenvalue weighted by molar-refractivity contribution is 5.94. The van der Waals surface area contributed by atoms with Gasteiger partial charge in [-0.3, -0.25) is 14.9 Å². The summed E-state index contributed by atoms with van der Waals surface area (Å²) in [6.07, 6.45) is 8.96. The van der Waals surface area contributed by atoms with Crippen LogP contribution in [0.25, 0.3) is 22.6 Å².